The molecule has 0 radical (unpaired) electrons. The van der Waals surface area contributed by atoms with Crippen LogP contribution in [0.1, 0.15) is 18.1 Å². The highest BCUT2D eigenvalue weighted by Gasteiger charge is 2.26. The molecule has 1 aromatic carbocycles. The molecule has 2 aromatic rings. The van der Waals surface area contributed by atoms with Crippen molar-refractivity contribution in [2.45, 2.75) is 31.8 Å². The van der Waals surface area contributed by atoms with Crippen LogP contribution in [0.3, 0.4) is 0 Å². The second kappa shape index (κ2) is 9.82. The van der Waals surface area contributed by atoms with Crippen LogP contribution in [0.5, 0.6) is 0 Å². The Morgan fingerprint density at radius 2 is 1.74 bits per heavy atom. The molecular weight excluding hydrogens is 412 g/mol. The maximum atomic E-state index is 12.7. The van der Waals surface area contributed by atoms with Crippen molar-refractivity contribution in [3.05, 3.63) is 64.4 Å². The SMILES string of the molecule is CC(=O)N[C@H](Cc1ccccc1)C(=O)N[C@H](Cc1cccnc1Br)C(N)=O. The fourth-order valence-electron chi connectivity index (χ4n) is 2.59. The molecule has 8 heteroatoms. The minimum atomic E-state index is -0.926. The van der Waals surface area contributed by atoms with Crippen molar-refractivity contribution < 1.29 is 14.4 Å². The molecule has 0 aliphatic heterocycles. The van der Waals surface area contributed by atoms with Crippen molar-refractivity contribution in [3.8, 4) is 0 Å². The molecule has 1 aromatic heterocycles. The number of pyridine rings is 1. The van der Waals surface area contributed by atoms with Gasteiger partial charge in [0.15, 0.2) is 0 Å². The van der Waals surface area contributed by atoms with E-state index in [9.17, 15) is 14.4 Å². The minimum Gasteiger partial charge on any atom is -0.368 e. The number of amides is 3. The third-order valence-corrected chi connectivity index (χ3v) is 4.61. The second-order valence-corrected chi connectivity index (χ2v) is 6.81. The first kappa shape index (κ1) is 20.6. The highest BCUT2D eigenvalue weighted by molar-refractivity contribution is 9.10. The summed E-state index contributed by atoms with van der Waals surface area (Å²) in [5.41, 5.74) is 7.08. The van der Waals surface area contributed by atoms with E-state index in [4.69, 9.17) is 5.73 Å². The average Bonchev–Trinajstić information content (AvgIpc) is 2.62. The van der Waals surface area contributed by atoms with Crippen LogP contribution in [0, 0.1) is 0 Å². The quantitative estimate of drug-likeness (QED) is 0.541. The summed E-state index contributed by atoms with van der Waals surface area (Å²) >= 11 is 3.31. The van der Waals surface area contributed by atoms with Crippen molar-refractivity contribution in [2.75, 3.05) is 0 Å². The normalized spacial score (nSPS) is 12.7. The Hall–Kier alpha value is -2.74. The zero-order chi connectivity index (χ0) is 19.8. The Morgan fingerprint density at radius 3 is 2.33 bits per heavy atom. The van der Waals surface area contributed by atoms with Gasteiger partial charge in [-0.25, -0.2) is 4.98 Å². The van der Waals surface area contributed by atoms with Gasteiger partial charge >= 0.3 is 0 Å². The Labute approximate surface area is 165 Å². The molecule has 142 valence electrons. The topological polar surface area (TPSA) is 114 Å². The number of nitrogens with one attached hydrogen (secondary N) is 2. The zero-order valence-electron chi connectivity index (χ0n) is 14.8. The van der Waals surface area contributed by atoms with Crippen LogP contribution in [-0.2, 0) is 27.2 Å². The van der Waals surface area contributed by atoms with Gasteiger partial charge in [-0.05, 0) is 33.1 Å². The Balaban J connectivity index is 2.13. The van der Waals surface area contributed by atoms with Crippen LogP contribution in [0.15, 0.2) is 53.3 Å². The van der Waals surface area contributed by atoms with E-state index >= 15 is 0 Å². The lowest BCUT2D eigenvalue weighted by Crippen LogP contribution is -2.54. The van der Waals surface area contributed by atoms with Crippen molar-refractivity contribution in [1.29, 1.82) is 0 Å². The Morgan fingerprint density at radius 1 is 1.04 bits per heavy atom. The highest BCUT2D eigenvalue weighted by Crippen LogP contribution is 2.15. The number of nitrogens with zero attached hydrogens (tertiary/aromatic N) is 1. The summed E-state index contributed by atoms with van der Waals surface area (Å²) in [4.78, 5) is 40.2. The average molecular weight is 433 g/mol. The molecule has 0 bridgehead atoms. The predicted octanol–water partition coefficient (Wildman–Crippen LogP) is 1.10. The summed E-state index contributed by atoms with van der Waals surface area (Å²) in [5, 5.41) is 5.26. The number of primary amides is 1. The van der Waals surface area contributed by atoms with E-state index in [0.29, 0.717) is 11.0 Å². The van der Waals surface area contributed by atoms with Crippen molar-refractivity contribution >= 4 is 33.7 Å². The number of aromatic nitrogens is 1. The van der Waals surface area contributed by atoms with Gasteiger partial charge in [0.1, 0.15) is 16.7 Å². The standard InChI is InChI=1S/C19H21BrN4O3/c1-12(25)23-16(10-13-6-3-2-4-7-13)19(27)24-15(18(21)26)11-14-8-5-9-22-17(14)20/h2-9,15-16H,10-11H2,1H3,(H2,21,26)(H,23,25)(H,24,27)/t15-,16-/m1/s1. The van der Waals surface area contributed by atoms with Gasteiger partial charge in [0.05, 0.1) is 0 Å². The Bertz CT molecular complexity index is 814. The lowest BCUT2D eigenvalue weighted by Gasteiger charge is -2.22. The van der Waals surface area contributed by atoms with Crippen LogP contribution in [0.2, 0.25) is 0 Å². The van der Waals surface area contributed by atoms with Gasteiger partial charge in [0.25, 0.3) is 0 Å². The molecule has 2 atom stereocenters. The maximum absolute atomic E-state index is 12.7. The van der Waals surface area contributed by atoms with Gasteiger partial charge in [0.2, 0.25) is 17.7 Å². The molecule has 0 aliphatic carbocycles. The largest absolute Gasteiger partial charge is 0.368 e. The van der Waals surface area contributed by atoms with E-state index in [1.165, 1.54) is 6.92 Å². The summed E-state index contributed by atoms with van der Waals surface area (Å²) in [6.07, 6.45) is 2.10. The van der Waals surface area contributed by atoms with Crippen molar-refractivity contribution in [3.63, 3.8) is 0 Å². The summed E-state index contributed by atoms with van der Waals surface area (Å²) in [6.45, 7) is 1.34. The molecule has 0 saturated heterocycles. The molecule has 0 fully saturated rings. The molecule has 0 aliphatic rings. The first-order chi connectivity index (χ1) is 12.9. The van der Waals surface area contributed by atoms with E-state index < -0.39 is 23.9 Å². The second-order valence-electron chi connectivity index (χ2n) is 6.06. The molecule has 0 saturated carbocycles. The van der Waals surface area contributed by atoms with Crippen LogP contribution >= 0.6 is 15.9 Å². The van der Waals surface area contributed by atoms with Crippen LogP contribution in [0.4, 0.5) is 0 Å². The molecule has 27 heavy (non-hydrogen) atoms. The molecular formula is C19H21BrN4O3. The molecule has 2 rings (SSSR count). The monoisotopic (exact) mass is 432 g/mol. The smallest absolute Gasteiger partial charge is 0.243 e. The molecule has 4 N–H and O–H groups in total. The lowest BCUT2D eigenvalue weighted by atomic mass is 10.0. The van der Waals surface area contributed by atoms with E-state index in [1.54, 1.807) is 18.3 Å². The van der Waals surface area contributed by atoms with Gasteiger partial charge < -0.3 is 16.4 Å². The van der Waals surface area contributed by atoms with Crippen molar-refractivity contribution in [2.24, 2.45) is 5.73 Å². The van der Waals surface area contributed by atoms with Gasteiger partial charge in [-0.3, -0.25) is 14.4 Å². The van der Waals surface area contributed by atoms with Gasteiger partial charge in [-0.2, -0.15) is 0 Å². The molecule has 1 heterocycles. The van der Waals surface area contributed by atoms with Crippen LogP contribution < -0.4 is 16.4 Å². The third-order valence-electron chi connectivity index (χ3n) is 3.90. The number of benzene rings is 1. The van der Waals surface area contributed by atoms with E-state index in [-0.39, 0.29) is 12.3 Å². The molecule has 3 amide bonds. The predicted molar refractivity (Wildman–Crippen MR) is 105 cm³/mol. The first-order valence-electron chi connectivity index (χ1n) is 8.37. The Kier molecular flexibility index (Phi) is 7.48. The fraction of sp³-hybridized carbons (Fsp3) is 0.263. The number of hydrogen-bond donors (Lipinski definition) is 3. The summed E-state index contributed by atoms with van der Waals surface area (Å²) in [7, 11) is 0. The first-order valence-corrected chi connectivity index (χ1v) is 9.16. The maximum Gasteiger partial charge on any atom is 0.243 e. The summed E-state index contributed by atoms with van der Waals surface area (Å²) < 4.78 is 0.577. The van der Waals surface area contributed by atoms with Crippen LogP contribution in [0.25, 0.3) is 0 Å². The molecule has 7 nitrogen and oxygen atoms in total. The third kappa shape index (κ3) is 6.49. The molecule has 0 spiro atoms. The lowest BCUT2D eigenvalue weighted by molar-refractivity contribution is -0.130. The van der Waals surface area contributed by atoms with E-state index in [2.05, 4.69) is 31.5 Å². The van der Waals surface area contributed by atoms with E-state index in [1.807, 2.05) is 30.3 Å². The van der Waals surface area contributed by atoms with Crippen molar-refractivity contribution in [1.82, 2.24) is 15.6 Å². The number of carbonyl (C=O) groups is 3. The molecule has 0 unspecified atom stereocenters. The minimum absolute atomic E-state index is 0.188. The number of halogens is 1. The number of hydrogen-bond acceptors (Lipinski definition) is 4. The van der Waals surface area contributed by atoms with Gasteiger partial charge in [-0.1, -0.05) is 36.4 Å². The number of nitrogens with two attached hydrogens (primary N) is 1. The number of rotatable bonds is 8. The highest BCUT2D eigenvalue weighted by atomic mass is 79.9. The van der Waals surface area contributed by atoms with Gasteiger partial charge in [0, 0.05) is 26.0 Å². The van der Waals surface area contributed by atoms with Gasteiger partial charge in [-0.15, -0.1) is 0 Å². The van der Waals surface area contributed by atoms with Crippen LogP contribution in [-0.4, -0.2) is 34.8 Å². The summed E-state index contributed by atoms with van der Waals surface area (Å²) in [6, 6.07) is 11.1. The summed E-state index contributed by atoms with van der Waals surface area (Å²) in [5.74, 6) is -1.48. The number of carbonyl (C=O) groups excluding carboxylic acids is 3. The fourth-order valence-corrected chi connectivity index (χ4v) is 3.00. The van der Waals surface area contributed by atoms with E-state index in [0.717, 1.165) is 11.1 Å². The zero-order valence-corrected chi connectivity index (χ0v) is 16.4.